The lowest BCUT2D eigenvalue weighted by molar-refractivity contribution is -0.119. The van der Waals surface area contributed by atoms with Crippen molar-refractivity contribution in [2.75, 3.05) is 5.75 Å². The van der Waals surface area contributed by atoms with Crippen molar-refractivity contribution < 1.29 is 4.79 Å². The third-order valence-corrected chi connectivity index (χ3v) is 5.99. The average molecular weight is 410 g/mol. The van der Waals surface area contributed by atoms with E-state index in [-0.39, 0.29) is 29.3 Å². The Hall–Kier alpha value is -2.60. The molecule has 0 radical (unpaired) electrons. The number of nitrogens with zero attached hydrogens (tertiary/aromatic N) is 2. The Labute approximate surface area is 175 Å². The van der Waals surface area contributed by atoms with Crippen molar-refractivity contribution in [2.45, 2.75) is 51.9 Å². The number of carbonyl (C=O) groups excluding carboxylic acids is 1. The van der Waals surface area contributed by atoms with Gasteiger partial charge in [0.05, 0.1) is 22.7 Å². The first-order valence-electron chi connectivity index (χ1n) is 9.78. The fourth-order valence-corrected chi connectivity index (χ4v) is 4.15. The van der Waals surface area contributed by atoms with Crippen molar-refractivity contribution in [1.82, 2.24) is 14.9 Å². The predicted molar refractivity (Wildman–Crippen MR) is 120 cm³/mol. The lowest BCUT2D eigenvalue weighted by Crippen LogP contribution is -2.29. The molecule has 0 bridgehead atoms. The number of rotatable bonds is 6. The number of nitrogens with one attached hydrogen (secondary N) is 1. The number of carbonyl (C=O) groups is 1. The SMILES string of the molecule is Cc1ccc([C@@H](C)NC(=O)CSc2nc3ccccc3c(=O)n2C(C)C)cc1C. The number of amides is 1. The highest BCUT2D eigenvalue weighted by molar-refractivity contribution is 7.99. The molecule has 3 aromatic rings. The van der Waals surface area contributed by atoms with Gasteiger partial charge in [0.15, 0.2) is 5.16 Å². The number of fused-ring (bicyclic) bond motifs is 1. The minimum Gasteiger partial charge on any atom is -0.349 e. The van der Waals surface area contributed by atoms with Gasteiger partial charge in [0.2, 0.25) is 5.91 Å². The number of hydrogen-bond acceptors (Lipinski definition) is 4. The Morgan fingerprint density at radius 2 is 1.83 bits per heavy atom. The Kier molecular flexibility index (Phi) is 6.42. The van der Waals surface area contributed by atoms with Crippen LogP contribution in [0, 0.1) is 13.8 Å². The largest absolute Gasteiger partial charge is 0.349 e. The Balaban J connectivity index is 1.76. The van der Waals surface area contributed by atoms with E-state index >= 15 is 0 Å². The summed E-state index contributed by atoms with van der Waals surface area (Å²) in [6.07, 6.45) is 0. The van der Waals surface area contributed by atoms with Crippen LogP contribution in [0.4, 0.5) is 0 Å². The van der Waals surface area contributed by atoms with E-state index in [9.17, 15) is 9.59 Å². The lowest BCUT2D eigenvalue weighted by Gasteiger charge is -2.17. The summed E-state index contributed by atoms with van der Waals surface area (Å²) in [5.74, 6) is 0.116. The van der Waals surface area contributed by atoms with E-state index in [1.54, 1.807) is 10.6 Å². The van der Waals surface area contributed by atoms with Crippen LogP contribution in [0.25, 0.3) is 10.9 Å². The monoisotopic (exact) mass is 409 g/mol. The molecule has 0 unspecified atom stereocenters. The average Bonchev–Trinajstić information content (AvgIpc) is 2.68. The molecule has 0 aliphatic carbocycles. The van der Waals surface area contributed by atoms with E-state index in [1.807, 2.05) is 45.0 Å². The number of aromatic nitrogens is 2. The topological polar surface area (TPSA) is 64.0 Å². The molecular weight excluding hydrogens is 382 g/mol. The molecule has 1 heterocycles. The standard InChI is InChI=1S/C23H27N3O2S/c1-14(2)26-22(28)19-8-6-7-9-20(19)25-23(26)29-13-21(27)24-17(5)18-11-10-15(3)16(4)12-18/h6-12,14,17H,13H2,1-5H3,(H,24,27)/t17-/m1/s1. The molecule has 0 aliphatic heterocycles. The van der Waals surface area contributed by atoms with E-state index in [2.05, 4.69) is 36.3 Å². The van der Waals surface area contributed by atoms with Gasteiger partial charge in [-0.3, -0.25) is 14.2 Å². The molecule has 6 heteroatoms. The van der Waals surface area contributed by atoms with Crippen LogP contribution in [0.15, 0.2) is 52.4 Å². The summed E-state index contributed by atoms with van der Waals surface area (Å²) in [4.78, 5) is 30.0. The van der Waals surface area contributed by atoms with Gasteiger partial charge < -0.3 is 5.32 Å². The maximum Gasteiger partial charge on any atom is 0.262 e. The van der Waals surface area contributed by atoms with Gasteiger partial charge in [0.25, 0.3) is 5.56 Å². The summed E-state index contributed by atoms with van der Waals surface area (Å²) in [5.41, 5.74) is 4.10. The molecule has 0 fully saturated rings. The fourth-order valence-electron chi connectivity index (χ4n) is 3.21. The first-order chi connectivity index (χ1) is 13.8. The maximum atomic E-state index is 12.9. The summed E-state index contributed by atoms with van der Waals surface area (Å²) in [7, 11) is 0. The van der Waals surface area contributed by atoms with Gasteiger partial charge in [0, 0.05) is 6.04 Å². The normalized spacial score (nSPS) is 12.3. The van der Waals surface area contributed by atoms with Crippen molar-refractivity contribution in [3.63, 3.8) is 0 Å². The Bertz CT molecular complexity index is 1100. The second kappa shape index (κ2) is 8.82. The van der Waals surface area contributed by atoms with Crippen LogP contribution in [-0.2, 0) is 4.79 Å². The Morgan fingerprint density at radius 1 is 1.10 bits per heavy atom. The first kappa shape index (κ1) is 21.1. The summed E-state index contributed by atoms with van der Waals surface area (Å²) in [5, 5.41) is 4.20. The smallest absolute Gasteiger partial charge is 0.262 e. The predicted octanol–water partition coefficient (Wildman–Crippen LogP) is 4.56. The van der Waals surface area contributed by atoms with Crippen molar-refractivity contribution >= 4 is 28.6 Å². The van der Waals surface area contributed by atoms with Crippen LogP contribution in [0.2, 0.25) is 0 Å². The van der Waals surface area contributed by atoms with Crippen molar-refractivity contribution in [3.05, 3.63) is 69.5 Å². The Morgan fingerprint density at radius 3 is 2.52 bits per heavy atom. The molecule has 1 atom stereocenters. The molecule has 2 aromatic carbocycles. The van der Waals surface area contributed by atoms with Gasteiger partial charge in [0.1, 0.15) is 0 Å². The molecule has 0 aliphatic rings. The van der Waals surface area contributed by atoms with Gasteiger partial charge in [-0.05, 0) is 63.4 Å². The zero-order valence-electron chi connectivity index (χ0n) is 17.5. The van der Waals surface area contributed by atoms with E-state index in [0.717, 1.165) is 5.56 Å². The maximum absolute atomic E-state index is 12.9. The van der Waals surface area contributed by atoms with E-state index in [4.69, 9.17) is 0 Å². The van der Waals surface area contributed by atoms with Gasteiger partial charge in [-0.25, -0.2) is 4.98 Å². The molecule has 0 saturated carbocycles. The molecule has 5 nitrogen and oxygen atoms in total. The van der Waals surface area contributed by atoms with Crippen LogP contribution < -0.4 is 10.9 Å². The molecule has 1 N–H and O–H groups in total. The minimum absolute atomic E-state index is 0.0420. The molecule has 0 saturated heterocycles. The number of hydrogen-bond donors (Lipinski definition) is 1. The number of benzene rings is 2. The highest BCUT2D eigenvalue weighted by Crippen LogP contribution is 2.22. The second-order valence-corrected chi connectivity index (χ2v) is 8.54. The number of aryl methyl sites for hydroxylation is 2. The summed E-state index contributed by atoms with van der Waals surface area (Å²) >= 11 is 1.30. The first-order valence-corrected chi connectivity index (χ1v) is 10.8. The van der Waals surface area contributed by atoms with Crippen LogP contribution in [-0.4, -0.2) is 21.2 Å². The fraction of sp³-hybridized carbons (Fsp3) is 0.348. The van der Waals surface area contributed by atoms with Gasteiger partial charge in [-0.2, -0.15) is 0 Å². The highest BCUT2D eigenvalue weighted by atomic mass is 32.2. The zero-order chi connectivity index (χ0) is 21.1. The summed E-state index contributed by atoms with van der Waals surface area (Å²) < 4.78 is 1.66. The van der Waals surface area contributed by atoms with Crippen molar-refractivity contribution in [2.24, 2.45) is 0 Å². The summed E-state index contributed by atoms with van der Waals surface area (Å²) in [6, 6.07) is 13.4. The molecule has 0 spiro atoms. The second-order valence-electron chi connectivity index (χ2n) is 7.60. The van der Waals surface area contributed by atoms with Crippen LogP contribution >= 0.6 is 11.8 Å². The third kappa shape index (κ3) is 4.70. The quantitative estimate of drug-likeness (QED) is 0.479. The van der Waals surface area contributed by atoms with Crippen LogP contribution in [0.5, 0.6) is 0 Å². The lowest BCUT2D eigenvalue weighted by atomic mass is 10.0. The van der Waals surface area contributed by atoms with Gasteiger partial charge >= 0.3 is 0 Å². The molecular formula is C23H27N3O2S. The van der Waals surface area contributed by atoms with E-state index in [0.29, 0.717) is 16.1 Å². The van der Waals surface area contributed by atoms with Crippen molar-refractivity contribution in [1.29, 1.82) is 0 Å². The number of para-hydroxylation sites is 1. The highest BCUT2D eigenvalue weighted by Gasteiger charge is 2.16. The molecule has 3 rings (SSSR count). The van der Waals surface area contributed by atoms with E-state index < -0.39 is 0 Å². The van der Waals surface area contributed by atoms with Crippen molar-refractivity contribution in [3.8, 4) is 0 Å². The van der Waals surface area contributed by atoms with Crippen LogP contribution in [0.1, 0.15) is 49.5 Å². The molecule has 1 amide bonds. The molecule has 1 aromatic heterocycles. The molecule has 152 valence electrons. The molecule has 29 heavy (non-hydrogen) atoms. The minimum atomic E-state index is -0.0848. The number of thioether (sulfide) groups is 1. The zero-order valence-corrected chi connectivity index (χ0v) is 18.3. The van der Waals surface area contributed by atoms with Crippen LogP contribution in [0.3, 0.4) is 0 Å². The third-order valence-electron chi connectivity index (χ3n) is 5.03. The van der Waals surface area contributed by atoms with E-state index in [1.165, 1.54) is 22.9 Å². The van der Waals surface area contributed by atoms with Gasteiger partial charge in [-0.15, -0.1) is 0 Å². The summed E-state index contributed by atoms with van der Waals surface area (Å²) in [6.45, 7) is 10.0. The van der Waals surface area contributed by atoms with Gasteiger partial charge in [-0.1, -0.05) is 42.1 Å².